The lowest BCUT2D eigenvalue weighted by Crippen LogP contribution is -2.32. The van der Waals surface area contributed by atoms with Crippen LogP contribution >= 0.6 is 11.6 Å². The predicted octanol–water partition coefficient (Wildman–Crippen LogP) is 4.54. The smallest absolute Gasteiger partial charge is 0.263 e. The molecule has 0 bridgehead atoms. The molecular weight excluding hydrogens is 324 g/mol. The van der Waals surface area contributed by atoms with Gasteiger partial charge in [0.25, 0.3) is 6.43 Å². The van der Waals surface area contributed by atoms with Crippen molar-refractivity contribution in [2.24, 2.45) is 0 Å². The van der Waals surface area contributed by atoms with Gasteiger partial charge in [0.15, 0.2) is 0 Å². The largest absolute Gasteiger partial charge is 0.496 e. The molecule has 0 saturated heterocycles. The van der Waals surface area contributed by atoms with Gasteiger partial charge in [0.05, 0.1) is 7.11 Å². The summed E-state index contributed by atoms with van der Waals surface area (Å²) in [4.78, 5) is 12.6. The maximum absolute atomic E-state index is 12.9. The summed E-state index contributed by atoms with van der Waals surface area (Å²) in [5.41, 5.74) is 0.399. The molecule has 2 aromatic carbocycles. The minimum atomic E-state index is -2.59. The minimum absolute atomic E-state index is 0.133. The van der Waals surface area contributed by atoms with Gasteiger partial charge in [-0.25, -0.2) is 8.78 Å². The standard InChI is InChI=1S/C17H14ClF2NO2/c1-17(12-8-10(18)4-6-14(12)23-2)11-5-3-9(15(19)20)7-13(11)21-16(17)22/h3-8,15H,1-2H3,(H,21,22)/t17-/m1/s1. The van der Waals surface area contributed by atoms with Crippen LogP contribution in [0.25, 0.3) is 0 Å². The first kappa shape index (κ1) is 15.7. The number of hydrogen-bond acceptors (Lipinski definition) is 2. The third kappa shape index (κ3) is 2.36. The molecule has 0 unspecified atom stereocenters. The molecule has 0 aromatic heterocycles. The number of hydrogen-bond donors (Lipinski definition) is 1. The van der Waals surface area contributed by atoms with Crippen molar-refractivity contribution in [2.75, 3.05) is 12.4 Å². The fourth-order valence-electron chi connectivity index (χ4n) is 2.94. The van der Waals surface area contributed by atoms with Gasteiger partial charge in [0.2, 0.25) is 5.91 Å². The Labute approximate surface area is 137 Å². The summed E-state index contributed by atoms with van der Waals surface area (Å²) in [6, 6.07) is 9.20. The fourth-order valence-corrected chi connectivity index (χ4v) is 3.12. The van der Waals surface area contributed by atoms with Gasteiger partial charge < -0.3 is 10.1 Å². The Hall–Kier alpha value is -2.14. The van der Waals surface area contributed by atoms with Crippen molar-refractivity contribution in [1.82, 2.24) is 0 Å². The Morgan fingerprint density at radius 1 is 1.17 bits per heavy atom. The van der Waals surface area contributed by atoms with Crippen LogP contribution in [0.15, 0.2) is 36.4 Å². The molecule has 3 rings (SSSR count). The first-order chi connectivity index (χ1) is 10.9. The van der Waals surface area contributed by atoms with E-state index in [1.807, 2.05) is 0 Å². The number of ether oxygens (including phenoxy) is 1. The highest BCUT2D eigenvalue weighted by Gasteiger charge is 2.46. The number of benzene rings is 2. The van der Waals surface area contributed by atoms with Crippen LogP contribution in [0.3, 0.4) is 0 Å². The fraction of sp³-hybridized carbons (Fsp3) is 0.235. The number of methoxy groups -OCH3 is 1. The third-order valence-electron chi connectivity index (χ3n) is 4.24. The third-order valence-corrected chi connectivity index (χ3v) is 4.47. The maximum atomic E-state index is 12.9. The Kier molecular flexibility index (Phi) is 3.76. The molecule has 1 N–H and O–H groups in total. The molecule has 2 aromatic rings. The normalized spacial score (nSPS) is 19.7. The van der Waals surface area contributed by atoms with Crippen molar-refractivity contribution in [2.45, 2.75) is 18.8 Å². The second-order valence-electron chi connectivity index (χ2n) is 5.53. The van der Waals surface area contributed by atoms with Crippen LogP contribution in [-0.4, -0.2) is 13.0 Å². The van der Waals surface area contributed by atoms with E-state index in [1.165, 1.54) is 19.2 Å². The second kappa shape index (κ2) is 5.49. The van der Waals surface area contributed by atoms with E-state index in [2.05, 4.69) is 5.32 Å². The van der Waals surface area contributed by atoms with Gasteiger partial charge in [0, 0.05) is 21.8 Å². The Balaban J connectivity index is 2.21. The predicted molar refractivity (Wildman–Crippen MR) is 84.5 cm³/mol. The molecule has 1 atom stereocenters. The number of nitrogens with one attached hydrogen (secondary N) is 1. The quantitative estimate of drug-likeness (QED) is 0.892. The SMILES string of the molecule is COc1ccc(Cl)cc1[C@]1(C)C(=O)Nc2cc(C(F)F)ccc21. The molecule has 1 amide bonds. The van der Waals surface area contributed by atoms with Crippen molar-refractivity contribution >= 4 is 23.2 Å². The zero-order valence-electron chi connectivity index (χ0n) is 12.5. The summed E-state index contributed by atoms with van der Waals surface area (Å²) >= 11 is 6.07. The van der Waals surface area contributed by atoms with E-state index >= 15 is 0 Å². The Morgan fingerprint density at radius 3 is 2.57 bits per heavy atom. The van der Waals surface area contributed by atoms with Gasteiger partial charge in [-0.1, -0.05) is 23.7 Å². The number of carbonyl (C=O) groups excluding carboxylic acids is 1. The number of rotatable bonds is 3. The summed E-state index contributed by atoms with van der Waals surface area (Å²) in [6.45, 7) is 1.73. The Morgan fingerprint density at radius 2 is 1.91 bits per heavy atom. The lowest BCUT2D eigenvalue weighted by Gasteiger charge is -2.25. The molecule has 3 nitrogen and oxygen atoms in total. The molecule has 0 spiro atoms. The lowest BCUT2D eigenvalue weighted by atomic mass is 9.76. The van der Waals surface area contributed by atoms with E-state index in [0.717, 1.165) is 0 Å². The highest BCUT2D eigenvalue weighted by molar-refractivity contribution is 6.30. The van der Waals surface area contributed by atoms with Crippen LogP contribution in [-0.2, 0) is 10.2 Å². The van der Waals surface area contributed by atoms with Gasteiger partial charge >= 0.3 is 0 Å². The molecule has 0 radical (unpaired) electrons. The summed E-state index contributed by atoms with van der Waals surface area (Å²) in [5.74, 6) is 0.206. The molecule has 120 valence electrons. The average Bonchev–Trinajstić information content (AvgIpc) is 2.78. The van der Waals surface area contributed by atoms with Crippen molar-refractivity contribution in [1.29, 1.82) is 0 Å². The molecule has 0 saturated carbocycles. The molecule has 1 aliphatic heterocycles. The number of anilines is 1. The van der Waals surface area contributed by atoms with Gasteiger partial charge in [0.1, 0.15) is 11.2 Å². The molecule has 1 aliphatic rings. The highest BCUT2D eigenvalue weighted by Crippen LogP contribution is 2.47. The highest BCUT2D eigenvalue weighted by atomic mass is 35.5. The van der Waals surface area contributed by atoms with Crippen LogP contribution < -0.4 is 10.1 Å². The summed E-state index contributed by atoms with van der Waals surface area (Å²) in [7, 11) is 1.50. The first-order valence-corrected chi connectivity index (χ1v) is 7.33. The van der Waals surface area contributed by atoms with Crippen molar-refractivity contribution in [3.05, 3.63) is 58.1 Å². The maximum Gasteiger partial charge on any atom is 0.263 e. The van der Waals surface area contributed by atoms with E-state index in [4.69, 9.17) is 16.3 Å². The Bertz CT molecular complexity index is 794. The molecular formula is C17H14ClF2NO2. The van der Waals surface area contributed by atoms with Crippen molar-refractivity contribution in [3.63, 3.8) is 0 Å². The number of alkyl halides is 2. The monoisotopic (exact) mass is 337 g/mol. The van der Waals surface area contributed by atoms with Gasteiger partial charge in [-0.2, -0.15) is 0 Å². The van der Waals surface area contributed by atoms with E-state index < -0.39 is 11.8 Å². The van der Waals surface area contributed by atoms with Crippen LogP contribution in [0, 0.1) is 0 Å². The van der Waals surface area contributed by atoms with Crippen LogP contribution in [0.4, 0.5) is 14.5 Å². The zero-order valence-corrected chi connectivity index (χ0v) is 13.2. The summed E-state index contributed by atoms with van der Waals surface area (Å²) in [6.07, 6.45) is -2.59. The topological polar surface area (TPSA) is 38.3 Å². The minimum Gasteiger partial charge on any atom is -0.496 e. The first-order valence-electron chi connectivity index (χ1n) is 6.96. The number of amides is 1. The molecule has 0 aliphatic carbocycles. The summed E-state index contributed by atoms with van der Waals surface area (Å²) < 4.78 is 31.1. The van der Waals surface area contributed by atoms with E-state index in [1.54, 1.807) is 31.2 Å². The summed E-state index contributed by atoms with van der Waals surface area (Å²) in [5, 5.41) is 3.15. The van der Waals surface area contributed by atoms with Gasteiger partial charge in [-0.3, -0.25) is 4.79 Å². The zero-order chi connectivity index (χ0) is 16.8. The molecule has 23 heavy (non-hydrogen) atoms. The average molecular weight is 338 g/mol. The van der Waals surface area contributed by atoms with Gasteiger partial charge in [-0.15, -0.1) is 0 Å². The van der Waals surface area contributed by atoms with Gasteiger partial charge in [-0.05, 0) is 36.8 Å². The van der Waals surface area contributed by atoms with Crippen LogP contribution in [0.1, 0.15) is 30.0 Å². The number of halogens is 3. The molecule has 0 fully saturated rings. The van der Waals surface area contributed by atoms with Crippen molar-refractivity contribution in [3.8, 4) is 5.75 Å². The van der Waals surface area contributed by atoms with E-state index in [0.29, 0.717) is 27.6 Å². The van der Waals surface area contributed by atoms with Crippen LogP contribution in [0.2, 0.25) is 5.02 Å². The van der Waals surface area contributed by atoms with Crippen molar-refractivity contribution < 1.29 is 18.3 Å². The van der Waals surface area contributed by atoms with E-state index in [9.17, 15) is 13.6 Å². The lowest BCUT2D eigenvalue weighted by molar-refractivity contribution is -0.119. The molecule has 1 heterocycles. The molecule has 6 heteroatoms. The van der Waals surface area contributed by atoms with E-state index in [-0.39, 0.29) is 11.5 Å². The second-order valence-corrected chi connectivity index (χ2v) is 5.97. The number of fused-ring (bicyclic) bond motifs is 1. The van der Waals surface area contributed by atoms with Crippen LogP contribution in [0.5, 0.6) is 5.75 Å². The number of carbonyl (C=O) groups is 1.